The zero-order valence-corrected chi connectivity index (χ0v) is 17.4. The number of nitrogens with zero attached hydrogens (tertiary/aromatic N) is 2. The van der Waals surface area contributed by atoms with Crippen LogP contribution < -0.4 is 15.0 Å². The Morgan fingerprint density at radius 1 is 1.21 bits per heavy atom. The van der Waals surface area contributed by atoms with Crippen molar-refractivity contribution in [1.29, 1.82) is 0 Å². The van der Waals surface area contributed by atoms with Crippen molar-refractivity contribution in [2.24, 2.45) is 4.99 Å². The van der Waals surface area contributed by atoms with Gasteiger partial charge < -0.3 is 10.1 Å². The Bertz CT molecular complexity index is 935. The van der Waals surface area contributed by atoms with Crippen molar-refractivity contribution >= 4 is 63.3 Å². The Labute approximate surface area is 176 Å². The van der Waals surface area contributed by atoms with Crippen LogP contribution in [0.25, 0.3) is 0 Å². The number of anilines is 2. The lowest BCUT2D eigenvalue weighted by Gasteiger charge is -2.16. The van der Waals surface area contributed by atoms with Gasteiger partial charge in [0.25, 0.3) is 0 Å². The van der Waals surface area contributed by atoms with Crippen LogP contribution in [-0.2, 0) is 9.59 Å². The minimum atomic E-state index is -0.584. The molecule has 3 rings (SSSR count). The molecule has 1 N–H and O–H groups in total. The van der Waals surface area contributed by atoms with Gasteiger partial charge in [-0.25, -0.2) is 4.90 Å². The lowest BCUT2D eigenvalue weighted by Crippen LogP contribution is -2.31. The van der Waals surface area contributed by atoms with Gasteiger partial charge in [0.15, 0.2) is 5.17 Å². The zero-order chi connectivity index (χ0) is 20.3. The van der Waals surface area contributed by atoms with E-state index < -0.39 is 5.25 Å². The number of methoxy groups -OCH3 is 1. The molecule has 1 fully saturated rings. The number of nitrogens with one attached hydrogen (secondary N) is 1. The highest BCUT2D eigenvalue weighted by Crippen LogP contribution is 2.33. The van der Waals surface area contributed by atoms with Crippen molar-refractivity contribution < 1.29 is 14.3 Å². The Morgan fingerprint density at radius 3 is 2.57 bits per heavy atom. The van der Waals surface area contributed by atoms with E-state index in [1.807, 2.05) is 0 Å². The molecule has 28 heavy (non-hydrogen) atoms. The van der Waals surface area contributed by atoms with Crippen LogP contribution in [0.5, 0.6) is 5.75 Å². The van der Waals surface area contributed by atoms with Crippen LogP contribution in [0.15, 0.2) is 47.5 Å². The number of carbonyl (C=O) groups excluding carboxylic acids is 2. The average Bonchev–Trinajstić information content (AvgIpc) is 2.97. The molecule has 0 spiro atoms. The third-order valence-electron chi connectivity index (χ3n) is 4.06. The maximum absolute atomic E-state index is 12.8. The van der Waals surface area contributed by atoms with Crippen molar-refractivity contribution in [1.82, 2.24) is 0 Å². The first-order valence-corrected chi connectivity index (χ1v) is 9.93. The Balaban J connectivity index is 1.74. The van der Waals surface area contributed by atoms with Crippen molar-refractivity contribution in [2.75, 3.05) is 24.4 Å². The summed E-state index contributed by atoms with van der Waals surface area (Å²) in [6, 6.07) is 11.8. The summed E-state index contributed by atoms with van der Waals surface area (Å²) in [6.45, 7) is 0. The fraction of sp³-hybridized carbons (Fsp3) is 0.211. The Morgan fingerprint density at radius 2 is 1.93 bits per heavy atom. The lowest BCUT2D eigenvalue weighted by atomic mass is 10.3. The first-order chi connectivity index (χ1) is 13.4. The first-order valence-electron chi connectivity index (χ1n) is 8.29. The summed E-state index contributed by atoms with van der Waals surface area (Å²) in [5, 5.41) is 3.94. The number of thioether (sulfide) groups is 1. The smallest absolute Gasteiger partial charge is 0.247 e. The molecule has 146 valence electrons. The molecule has 2 aromatic rings. The molecular weight excluding hydrogens is 421 g/mol. The second kappa shape index (κ2) is 8.86. The molecule has 2 aromatic carbocycles. The predicted molar refractivity (Wildman–Crippen MR) is 115 cm³/mol. The third kappa shape index (κ3) is 4.43. The molecule has 1 atom stereocenters. The summed E-state index contributed by atoms with van der Waals surface area (Å²) in [7, 11) is 3.15. The molecule has 1 saturated heterocycles. The zero-order valence-electron chi connectivity index (χ0n) is 15.1. The van der Waals surface area contributed by atoms with E-state index in [0.717, 1.165) is 0 Å². The van der Waals surface area contributed by atoms with Crippen LogP contribution in [0.4, 0.5) is 11.4 Å². The van der Waals surface area contributed by atoms with Gasteiger partial charge in [0.2, 0.25) is 11.8 Å². The number of imide groups is 1. The second-order valence-corrected chi connectivity index (χ2v) is 7.89. The first kappa shape index (κ1) is 20.5. The monoisotopic (exact) mass is 437 g/mol. The fourth-order valence-electron chi connectivity index (χ4n) is 2.68. The van der Waals surface area contributed by atoms with Crippen LogP contribution in [0.1, 0.15) is 6.42 Å². The minimum Gasteiger partial charge on any atom is -0.497 e. The number of hydrogen-bond acceptors (Lipinski definition) is 5. The number of amidine groups is 1. The van der Waals surface area contributed by atoms with Gasteiger partial charge in [-0.15, -0.1) is 0 Å². The number of rotatable bonds is 4. The number of benzene rings is 2. The summed E-state index contributed by atoms with van der Waals surface area (Å²) in [5.41, 5.74) is 1.09. The molecule has 6 nitrogen and oxygen atoms in total. The van der Waals surface area contributed by atoms with E-state index in [1.54, 1.807) is 56.6 Å². The number of amides is 2. The minimum absolute atomic E-state index is 0.0828. The molecule has 9 heteroatoms. The van der Waals surface area contributed by atoms with Crippen LogP contribution in [0.3, 0.4) is 0 Å². The summed E-state index contributed by atoms with van der Waals surface area (Å²) in [4.78, 5) is 30.6. The van der Waals surface area contributed by atoms with Gasteiger partial charge in [0, 0.05) is 18.5 Å². The topological polar surface area (TPSA) is 71.0 Å². The van der Waals surface area contributed by atoms with Gasteiger partial charge in [-0.1, -0.05) is 35.0 Å². The highest BCUT2D eigenvalue weighted by atomic mass is 35.5. The number of aliphatic imine (C=N–C) groups is 1. The molecule has 0 aromatic heterocycles. The summed E-state index contributed by atoms with van der Waals surface area (Å²) >= 11 is 13.4. The van der Waals surface area contributed by atoms with E-state index in [9.17, 15) is 9.59 Å². The molecule has 1 aliphatic heterocycles. The highest BCUT2D eigenvalue weighted by Gasteiger charge is 2.40. The van der Waals surface area contributed by atoms with Crippen molar-refractivity contribution in [3.05, 3.63) is 52.5 Å². The molecular formula is C19H17Cl2N3O3S. The number of hydrogen-bond donors (Lipinski definition) is 1. The van der Waals surface area contributed by atoms with E-state index in [4.69, 9.17) is 27.9 Å². The fourth-order valence-corrected chi connectivity index (χ4v) is 3.99. The van der Waals surface area contributed by atoms with Gasteiger partial charge in [-0.2, -0.15) is 0 Å². The van der Waals surface area contributed by atoms with E-state index in [2.05, 4.69) is 10.3 Å². The van der Waals surface area contributed by atoms with Crippen LogP contribution in [0.2, 0.25) is 10.0 Å². The standard InChI is InChI=1S/C19H17Cl2N3O3S/c1-22-19(23-15-9-11(20)3-8-14(15)21)28-16-10-17(25)24(18(16)26)12-4-6-13(27-2)7-5-12/h3-9,16H,10H2,1-2H3,(H,22,23)/t16-/m0/s1. The van der Waals surface area contributed by atoms with Gasteiger partial charge in [0.1, 0.15) is 11.0 Å². The van der Waals surface area contributed by atoms with E-state index in [0.29, 0.717) is 32.3 Å². The largest absolute Gasteiger partial charge is 0.497 e. The Hall–Kier alpha value is -2.22. The highest BCUT2D eigenvalue weighted by molar-refractivity contribution is 8.15. The number of ether oxygens (including phenoxy) is 1. The van der Waals surface area contributed by atoms with Crippen LogP contribution >= 0.6 is 35.0 Å². The van der Waals surface area contributed by atoms with E-state index in [-0.39, 0.29) is 18.2 Å². The SMILES string of the molecule is CN=C(Nc1cc(Cl)ccc1Cl)S[C@H]1CC(=O)N(c2ccc(OC)cc2)C1=O. The van der Waals surface area contributed by atoms with Gasteiger partial charge in [0.05, 0.1) is 23.5 Å². The molecule has 0 bridgehead atoms. The summed E-state index contributed by atoms with van der Waals surface area (Å²) in [5.74, 6) is 0.0981. The molecule has 0 radical (unpaired) electrons. The lowest BCUT2D eigenvalue weighted by molar-refractivity contribution is -0.121. The Kier molecular flexibility index (Phi) is 6.49. The predicted octanol–water partition coefficient (Wildman–Crippen LogP) is 4.47. The molecule has 2 amide bonds. The maximum atomic E-state index is 12.8. The van der Waals surface area contributed by atoms with Crippen LogP contribution in [0, 0.1) is 0 Å². The van der Waals surface area contributed by atoms with Crippen LogP contribution in [-0.4, -0.2) is 36.4 Å². The normalized spacial score (nSPS) is 17.2. The number of carbonyl (C=O) groups is 2. The van der Waals surface area contributed by atoms with Crippen molar-refractivity contribution in [3.63, 3.8) is 0 Å². The van der Waals surface area contributed by atoms with E-state index >= 15 is 0 Å². The maximum Gasteiger partial charge on any atom is 0.247 e. The molecule has 0 saturated carbocycles. The molecule has 0 unspecified atom stereocenters. The summed E-state index contributed by atoms with van der Waals surface area (Å²) in [6.07, 6.45) is 0.0828. The average molecular weight is 438 g/mol. The van der Waals surface area contributed by atoms with Crippen molar-refractivity contribution in [3.8, 4) is 5.75 Å². The second-order valence-electron chi connectivity index (χ2n) is 5.85. The molecule has 1 heterocycles. The van der Waals surface area contributed by atoms with E-state index in [1.165, 1.54) is 16.7 Å². The van der Waals surface area contributed by atoms with Gasteiger partial charge in [-0.05, 0) is 42.5 Å². The van der Waals surface area contributed by atoms with Gasteiger partial charge in [-0.3, -0.25) is 14.6 Å². The van der Waals surface area contributed by atoms with Crippen molar-refractivity contribution in [2.45, 2.75) is 11.7 Å². The molecule has 1 aliphatic rings. The molecule has 0 aliphatic carbocycles. The quantitative estimate of drug-likeness (QED) is 0.434. The summed E-state index contributed by atoms with van der Waals surface area (Å²) < 4.78 is 5.11. The van der Waals surface area contributed by atoms with Gasteiger partial charge >= 0.3 is 0 Å². The third-order valence-corrected chi connectivity index (χ3v) is 5.79. The number of halogens is 2.